The van der Waals surface area contributed by atoms with Gasteiger partial charge in [0.25, 0.3) is 0 Å². The third-order valence-corrected chi connectivity index (χ3v) is 9.13. The highest BCUT2D eigenvalue weighted by Crippen LogP contribution is 2.38. The van der Waals surface area contributed by atoms with Gasteiger partial charge in [-0.15, -0.1) is 0 Å². The Kier molecular flexibility index (Phi) is 6.32. The molecule has 1 amide bonds. The molecule has 0 spiro atoms. The van der Waals surface area contributed by atoms with E-state index in [9.17, 15) is 9.90 Å². The minimum Gasteiger partial charge on any atom is -0.444 e. The predicted molar refractivity (Wildman–Crippen MR) is 95.1 cm³/mol. The van der Waals surface area contributed by atoms with Gasteiger partial charge in [0, 0.05) is 6.54 Å². The normalized spacial score (nSPS) is 24.3. The van der Waals surface area contributed by atoms with Crippen molar-refractivity contribution in [1.82, 2.24) is 4.90 Å². The zero-order valence-electron chi connectivity index (χ0n) is 16.1. The molecule has 1 rings (SSSR count). The molecule has 1 heterocycles. The summed E-state index contributed by atoms with van der Waals surface area (Å²) in [5.74, 6) is 0. The second kappa shape index (κ2) is 7.11. The molecule has 0 aromatic carbocycles. The van der Waals surface area contributed by atoms with Crippen LogP contribution < -0.4 is 0 Å². The van der Waals surface area contributed by atoms with Crippen LogP contribution in [0.5, 0.6) is 0 Å². The number of carbonyl (C=O) groups is 1. The first kappa shape index (κ1) is 20.5. The van der Waals surface area contributed by atoms with Crippen LogP contribution in [-0.4, -0.2) is 55.3 Å². The van der Waals surface area contributed by atoms with E-state index < -0.39 is 20.0 Å². The van der Waals surface area contributed by atoms with Crippen LogP contribution in [-0.2, 0) is 9.16 Å². The first-order chi connectivity index (χ1) is 10.2. The van der Waals surface area contributed by atoms with E-state index >= 15 is 0 Å². The molecule has 1 fully saturated rings. The van der Waals surface area contributed by atoms with Crippen molar-refractivity contribution in [2.45, 2.75) is 90.3 Å². The van der Waals surface area contributed by atoms with E-state index in [-0.39, 0.29) is 17.2 Å². The smallest absolute Gasteiger partial charge is 0.410 e. The summed E-state index contributed by atoms with van der Waals surface area (Å²) in [6.45, 7) is 17.4. The summed E-state index contributed by atoms with van der Waals surface area (Å²) in [5.41, 5.74) is -0.538. The van der Waals surface area contributed by atoms with Crippen LogP contribution in [0.15, 0.2) is 0 Å². The maximum absolute atomic E-state index is 12.4. The van der Waals surface area contributed by atoms with Gasteiger partial charge in [0.05, 0.1) is 18.8 Å². The first-order valence-corrected chi connectivity index (χ1v) is 11.5. The molecule has 5 nitrogen and oxygen atoms in total. The van der Waals surface area contributed by atoms with E-state index in [2.05, 4.69) is 33.9 Å². The number of rotatable bonds is 2. The molecule has 0 saturated carbocycles. The van der Waals surface area contributed by atoms with Gasteiger partial charge in [-0.3, -0.25) is 0 Å². The fraction of sp³-hybridized carbons (Fsp3) is 0.941. The summed E-state index contributed by atoms with van der Waals surface area (Å²) in [7, 11) is -1.91. The molecular formula is C17H35NO4Si. The lowest BCUT2D eigenvalue weighted by atomic mass is 10.1. The minimum atomic E-state index is -1.91. The Morgan fingerprint density at radius 3 is 2.13 bits per heavy atom. The minimum absolute atomic E-state index is 0.0411. The molecule has 6 heteroatoms. The Bertz CT molecular complexity index is 412. The number of nitrogens with zero attached hydrogens (tertiary/aromatic N) is 1. The Morgan fingerprint density at radius 1 is 1.09 bits per heavy atom. The van der Waals surface area contributed by atoms with Crippen molar-refractivity contribution in [3.8, 4) is 0 Å². The van der Waals surface area contributed by atoms with Gasteiger partial charge in [-0.05, 0) is 51.7 Å². The summed E-state index contributed by atoms with van der Waals surface area (Å²) in [6.07, 6.45) is 0.490. The van der Waals surface area contributed by atoms with E-state index in [1.807, 2.05) is 20.8 Å². The zero-order valence-corrected chi connectivity index (χ0v) is 17.1. The summed E-state index contributed by atoms with van der Waals surface area (Å²) >= 11 is 0. The molecular weight excluding hydrogens is 310 g/mol. The van der Waals surface area contributed by atoms with Crippen LogP contribution in [0.1, 0.15) is 54.4 Å². The van der Waals surface area contributed by atoms with Crippen molar-refractivity contribution < 1.29 is 19.1 Å². The second-order valence-corrected chi connectivity index (χ2v) is 13.9. The van der Waals surface area contributed by atoms with E-state index in [0.29, 0.717) is 19.5 Å². The number of aliphatic hydroxyl groups is 1. The van der Waals surface area contributed by atoms with Crippen molar-refractivity contribution in [1.29, 1.82) is 0 Å². The van der Waals surface area contributed by atoms with Crippen molar-refractivity contribution in [3.05, 3.63) is 0 Å². The lowest BCUT2D eigenvalue weighted by molar-refractivity contribution is 0.0119. The molecule has 0 aromatic rings. The van der Waals surface area contributed by atoms with Crippen LogP contribution in [0.25, 0.3) is 0 Å². The Balaban J connectivity index is 2.81. The maximum Gasteiger partial charge on any atom is 0.410 e. The Morgan fingerprint density at radius 2 is 1.65 bits per heavy atom. The van der Waals surface area contributed by atoms with Crippen LogP contribution in [0.4, 0.5) is 4.79 Å². The quantitative estimate of drug-likeness (QED) is 0.774. The van der Waals surface area contributed by atoms with Gasteiger partial charge in [0.15, 0.2) is 8.32 Å². The molecule has 0 aliphatic carbocycles. The fourth-order valence-electron chi connectivity index (χ4n) is 2.30. The SMILES string of the molecule is CC(C)(C)OC(=O)N1C[C@H](O)CC[C@H](O[Si](C)(C)C(C)(C)C)C1. The van der Waals surface area contributed by atoms with Gasteiger partial charge in [0.2, 0.25) is 0 Å². The van der Waals surface area contributed by atoms with E-state index in [1.165, 1.54) is 0 Å². The Labute approximate surface area is 142 Å². The molecule has 0 bridgehead atoms. The summed E-state index contributed by atoms with van der Waals surface area (Å²) in [4.78, 5) is 14.0. The molecule has 23 heavy (non-hydrogen) atoms. The molecule has 1 saturated heterocycles. The van der Waals surface area contributed by atoms with Gasteiger partial charge in [-0.1, -0.05) is 20.8 Å². The molecule has 1 aliphatic heterocycles. The van der Waals surface area contributed by atoms with Crippen LogP contribution in [0.2, 0.25) is 18.1 Å². The van der Waals surface area contributed by atoms with E-state index in [4.69, 9.17) is 9.16 Å². The van der Waals surface area contributed by atoms with Crippen LogP contribution in [0, 0.1) is 0 Å². The molecule has 0 unspecified atom stereocenters. The number of ether oxygens (including phenoxy) is 1. The maximum atomic E-state index is 12.4. The lowest BCUT2D eigenvalue weighted by Gasteiger charge is -2.40. The standard InChI is InChI=1S/C17H35NO4Si/c1-16(2,3)21-15(20)18-11-13(19)9-10-14(12-18)22-23(7,8)17(4,5)6/h13-14,19H,9-12H2,1-8H3/t13-,14+/m1/s1. The van der Waals surface area contributed by atoms with E-state index in [0.717, 1.165) is 6.42 Å². The van der Waals surface area contributed by atoms with E-state index in [1.54, 1.807) is 4.90 Å². The highest BCUT2D eigenvalue weighted by Gasteiger charge is 2.40. The number of aliphatic hydroxyl groups excluding tert-OH is 1. The molecule has 0 aromatic heterocycles. The first-order valence-electron chi connectivity index (χ1n) is 8.55. The molecule has 1 aliphatic rings. The van der Waals surface area contributed by atoms with Crippen molar-refractivity contribution >= 4 is 14.4 Å². The summed E-state index contributed by atoms with van der Waals surface area (Å²) < 4.78 is 11.9. The van der Waals surface area contributed by atoms with Gasteiger partial charge < -0.3 is 19.2 Å². The molecule has 0 radical (unpaired) electrons. The van der Waals surface area contributed by atoms with Crippen LogP contribution in [0.3, 0.4) is 0 Å². The monoisotopic (exact) mass is 345 g/mol. The predicted octanol–water partition coefficient (Wildman–Crippen LogP) is 3.77. The van der Waals surface area contributed by atoms with Crippen molar-refractivity contribution in [3.63, 3.8) is 0 Å². The number of β-amino-alcohol motifs (C(OH)–C–C–N with tert-alkyl or cyclic N) is 1. The van der Waals surface area contributed by atoms with Gasteiger partial charge in [-0.25, -0.2) is 4.79 Å². The van der Waals surface area contributed by atoms with Gasteiger partial charge in [0.1, 0.15) is 5.60 Å². The molecule has 136 valence electrons. The van der Waals surface area contributed by atoms with Gasteiger partial charge in [-0.2, -0.15) is 0 Å². The van der Waals surface area contributed by atoms with Crippen LogP contribution >= 0.6 is 0 Å². The number of carbonyl (C=O) groups excluding carboxylic acids is 1. The highest BCUT2D eigenvalue weighted by molar-refractivity contribution is 6.74. The van der Waals surface area contributed by atoms with Crippen molar-refractivity contribution in [2.24, 2.45) is 0 Å². The van der Waals surface area contributed by atoms with Gasteiger partial charge >= 0.3 is 6.09 Å². The van der Waals surface area contributed by atoms with Crippen molar-refractivity contribution in [2.75, 3.05) is 13.1 Å². The summed E-state index contributed by atoms with van der Waals surface area (Å²) in [6, 6.07) is 0. The second-order valence-electron chi connectivity index (χ2n) is 9.12. The lowest BCUT2D eigenvalue weighted by Crippen LogP contribution is -2.48. The third-order valence-electron chi connectivity index (χ3n) is 4.60. The Hall–Kier alpha value is -0.593. The average molecular weight is 346 g/mol. The largest absolute Gasteiger partial charge is 0.444 e. The summed E-state index contributed by atoms with van der Waals surface area (Å²) in [5, 5.41) is 10.2. The fourth-order valence-corrected chi connectivity index (χ4v) is 3.68. The number of hydrogen-bond acceptors (Lipinski definition) is 4. The zero-order chi connectivity index (χ0) is 18.1. The molecule has 2 atom stereocenters. The number of likely N-dealkylation sites (tertiary alicyclic amines) is 1. The highest BCUT2D eigenvalue weighted by atomic mass is 28.4. The topological polar surface area (TPSA) is 59.0 Å². The molecule has 1 N–H and O–H groups in total. The number of hydrogen-bond donors (Lipinski definition) is 1. The average Bonchev–Trinajstić information content (AvgIpc) is 2.47. The number of amides is 1. The third kappa shape index (κ3) is 6.43.